The number of anilines is 2. The van der Waals surface area contributed by atoms with Crippen LogP contribution in [0.5, 0.6) is 0 Å². The molecule has 12 heteroatoms. The highest BCUT2D eigenvalue weighted by atomic mass is 19.4. The maximum absolute atomic E-state index is 13.3. The summed E-state index contributed by atoms with van der Waals surface area (Å²) in [7, 11) is 0. The molecule has 1 aliphatic heterocycles. The first-order valence-corrected chi connectivity index (χ1v) is 12.7. The Morgan fingerprint density at radius 3 is 2.37 bits per heavy atom. The number of hydrogen-bond donors (Lipinski definition) is 3. The van der Waals surface area contributed by atoms with Crippen LogP contribution in [0, 0.1) is 11.3 Å². The topological polar surface area (TPSA) is 135 Å². The number of amides is 1. The highest BCUT2D eigenvalue weighted by Gasteiger charge is 2.31. The van der Waals surface area contributed by atoms with E-state index in [0.29, 0.717) is 48.2 Å². The van der Waals surface area contributed by atoms with Gasteiger partial charge < -0.3 is 25.5 Å². The molecule has 1 saturated heterocycles. The van der Waals surface area contributed by atoms with Gasteiger partial charge in [-0.3, -0.25) is 9.59 Å². The predicted octanol–water partition coefficient (Wildman–Crippen LogP) is 4.51. The highest BCUT2D eigenvalue weighted by molar-refractivity contribution is 6.04. The number of rotatable bonds is 3. The lowest BCUT2D eigenvalue weighted by molar-refractivity contribution is -0.137. The van der Waals surface area contributed by atoms with Gasteiger partial charge in [-0.25, -0.2) is 4.98 Å². The van der Waals surface area contributed by atoms with Gasteiger partial charge in [0.2, 0.25) is 0 Å². The van der Waals surface area contributed by atoms with Crippen LogP contribution in [0.25, 0.3) is 33.3 Å². The Kier molecular flexibility index (Phi) is 6.14. The first kappa shape index (κ1) is 25.9. The molecule has 0 spiro atoms. The second-order valence-electron chi connectivity index (χ2n) is 9.76. The molecule has 0 unspecified atom stereocenters. The third-order valence-electron chi connectivity index (χ3n) is 7.27. The van der Waals surface area contributed by atoms with E-state index in [9.17, 15) is 22.8 Å². The third-order valence-corrected chi connectivity index (χ3v) is 7.27. The van der Waals surface area contributed by atoms with Gasteiger partial charge in [0.25, 0.3) is 11.5 Å². The molecule has 1 aliphatic rings. The number of carbonyl (C=O) groups is 1. The van der Waals surface area contributed by atoms with Crippen LogP contribution in [0.3, 0.4) is 0 Å². The van der Waals surface area contributed by atoms with Crippen LogP contribution in [-0.4, -0.2) is 51.9 Å². The lowest BCUT2D eigenvalue weighted by atomic mass is 10.1. The maximum Gasteiger partial charge on any atom is 0.416 e. The number of fused-ring (bicyclic) bond motifs is 2. The SMILES string of the molecule is N#Cc1ccc(N2CCN(C(=O)c3ccc4[nH]c(-c5nc6ccc(C(F)(F)F)cc6[nH]c5=O)c(N)c4c3)CC2)cc1. The van der Waals surface area contributed by atoms with E-state index in [1.54, 1.807) is 35.2 Å². The van der Waals surface area contributed by atoms with Crippen molar-refractivity contribution in [3.63, 3.8) is 0 Å². The molecule has 1 amide bonds. The fraction of sp³-hybridized carbons (Fsp3) is 0.172. The molecule has 0 atom stereocenters. The number of aromatic nitrogens is 3. The molecule has 6 rings (SSSR count). The Labute approximate surface area is 230 Å². The molecule has 206 valence electrons. The van der Waals surface area contributed by atoms with E-state index in [-0.39, 0.29) is 34.0 Å². The van der Waals surface area contributed by atoms with Crippen molar-refractivity contribution in [3.8, 4) is 17.5 Å². The molecular formula is C29H22F3N7O2. The summed E-state index contributed by atoms with van der Waals surface area (Å²) >= 11 is 0. The van der Waals surface area contributed by atoms with Crippen LogP contribution in [0.4, 0.5) is 24.5 Å². The minimum absolute atomic E-state index is 0.0459. The number of H-pyrrole nitrogens is 2. The molecular weight excluding hydrogens is 535 g/mol. The molecule has 4 N–H and O–H groups in total. The smallest absolute Gasteiger partial charge is 0.396 e. The van der Waals surface area contributed by atoms with Crippen molar-refractivity contribution >= 4 is 39.2 Å². The van der Waals surface area contributed by atoms with Gasteiger partial charge in [-0.15, -0.1) is 0 Å². The van der Waals surface area contributed by atoms with Crippen LogP contribution in [0.2, 0.25) is 0 Å². The summed E-state index contributed by atoms with van der Waals surface area (Å²) in [5, 5.41) is 9.52. The normalized spacial score (nSPS) is 14.0. The summed E-state index contributed by atoms with van der Waals surface area (Å²) in [6.07, 6.45) is -4.56. The van der Waals surface area contributed by atoms with E-state index in [1.165, 1.54) is 6.07 Å². The number of nitrogens with two attached hydrogens (primary N) is 1. The number of nitrogens with zero attached hydrogens (tertiary/aromatic N) is 4. The molecule has 1 fully saturated rings. The zero-order valence-electron chi connectivity index (χ0n) is 21.4. The second kappa shape index (κ2) is 9.71. The van der Waals surface area contributed by atoms with E-state index < -0.39 is 17.3 Å². The Bertz CT molecular complexity index is 1910. The summed E-state index contributed by atoms with van der Waals surface area (Å²) in [6.45, 7) is 2.29. The number of aromatic amines is 2. The van der Waals surface area contributed by atoms with Gasteiger partial charge in [-0.2, -0.15) is 18.4 Å². The van der Waals surface area contributed by atoms with Crippen molar-refractivity contribution in [3.05, 3.63) is 87.7 Å². The van der Waals surface area contributed by atoms with E-state index in [4.69, 9.17) is 11.0 Å². The number of nitrogens with one attached hydrogen (secondary N) is 2. The molecule has 0 bridgehead atoms. The summed E-state index contributed by atoms with van der Waals surface area (Å²) in [5.74, 6) is -0.157. The number of piperazine rings is 1. The minimum Gasteiger partial charge on any atom is -0.396 e. The van der Waals surface area contributed by atoms with Crippen molar-refractivity contribution in [2.75, 3.05) is 36.8 Å². The number of alkyl halides is 3. The second-order valence-corrected chi connectivity index (χ2v) is 9.76. The van der Waals surface area contributed by atoms with Crippen molar-refractivity contribution in [2.24, 2.45) is 0 Å². The van der Waals surface area contributed by atoms with Gasteiger partial charge in [-0.1, -0.05) is 0 Å². The molecule has 0 saturated carbocycles. The lowest BCUT2D eigenvalue weighted by Crippen LogP contribution is -2.48. The Morgan fingerprint density at radius 2 is 1.68 bits per heavy atom. The summed E-state index contributed by atoms with van der Waals surface area (Å²) in [6, 6.07) is 17.4. The van der Waals surface area contributed by atoms with Gasteiger partial charge in [0, 0.05) is 48.3 Å². The van der Waals surface area contributed by atoms with Crippen LogP contribution < -0.4 is 16.2 Å². The molecule has 2 aromatic heterocycles. The van der Waals surface area contributed by atoms with Crippen LogP contribution >= 0.6 is 0 Å². The zero-order chi connectivity index (χ0) is 28.9. The zero-order valence-corrected chi connectivity index (χ0v) is 21.4. The largest absolute Gasteiger partial charge is 0.416 e. The average Bonchev–Trinajstić information content (AvgIpc) is 3.31. The number of nitriles is 1. The molecule has 9 nitrogen and oxygen atoms in total. The quantitative estimate of drug-likeness (QED) is 0.299. The van der Waals surface area contributed by atoms with Crippen LogP contribution in [-0.2, 0) is 6.18 Å². The van der Waals surface area contributed by atoms with Crippen LogP contribution in [0.15, 0.2) is 65.5 Å². The number of carbonyl (C=O) groups excluding carboxylic acids is 1. The Hall–Kier alpha value is -5.31. The molecule has 3 aromatic carbocycles. The van der Waals surface area contributed by atoms with Gasteiger partial charge in [-0.05, 0) is 60.7 Å². The van der Waals surface area contributed by atoms with Gasteiger partial charge in [0.15, 0.2) is 5.69 Å². The molecule has 0 aliphatic carbocycles. The highest BCUT2D eigenvalue weighted by Crippen LogP contribution is 2.33. The Balaban J connectivity index is 1.25. The predicted molar refractivity (Wildman–Crippen MR) is 148 cm³/mol. The third kappa shape index (κ3) is 4.71. The summed E-state index contributed by atoms with van der Waals surface area (Å²) in [5.41, 5.74) is 7.84. The Morgan fingerprint density at radius 1 is 0.951 bits per heavy atom. The van der Waals surface area contributed by atoms with Crippen molar-refractivity contribution in [2.45, 2.75) is 6.18 Å². The molecule has 3 heterocycles. The standard InChI is InChI=1S/C29H22F3N7O2/c30-29(31,32)18-4-8-22-23(14-18)37-27(40)26(36-22)25-24(34)20-13-17(3-7-21(20)35-25)28(41)39-11-9-38(10-12-39)19-5-1-16(15-33)2-6-19/h1-8,13-14,35H,9-12,34H2,(H,37,40). The van der Waals surface area contributed by atoms with E-state index >= 15 is 0 Å². The van der Waals surface area contributed by atoms with Gasteiger partial charge in [0.1, 0.15) is 0 Å². The molecule has 0 radical (unpaired) electrons. The first-order valence-electron chi connectivity index (χ1n) is 12.7. The fourth-order valence-corrected chi connectivity index (χ4v) is 5.06. The maximum atomic E-state index is 13.3. The van der Waals surface area contributed by atoms with Crippen molar-refractivity contribution in [1.82, 2.24) is 19.9 Å². The first-order chi connectivity index (χ1) is 19.6. The summed E-state index contributed by atoms with van der Waals surface area (Å²) in [4.78, 5) is 39.9. The van der Waals surface area contributed by atoms with Crippen molar-refractivity contribution < 1.29 is 18.0 Å². The number of hydrogen-bond acceptors (Lipinski definition) is 6. The monoisotopic (exact) mass is 557 g/mol. The average molecular weight is 558 g/mol. The number of benzene rings is 3. The van der Waals surface area contributed by atoms with Gasteiger partial charge in [0.05, 0.1) is 39.6 Å². The molecule has 41 heavy (non-hydrogen) atoms. The minimum atomic E-state index is -4.56. The van der Waals surface area contributed by atoms with Gasteiger partial charge >= 0.3 is 6.18 Å². The van der Waals surface area contributed by atoms with E-state index in [2.05, 4.69) is 25.9 Å². The summed E-state index contributed by atoms with van der Waals surface area (Å²) < 4.78 is 39.2. The van der Waals surface area contributed by atoms with Crippen molar-refractivity contribution in [1.29, 1.82) is 5.26 Å². The number of nitrogen functional groups attached to an aromatic ring is 1. The van der Waals surface area contributed by atoms with E-state index in [0.717, 1.165) is 17.8 Å². The fourth-order valence-electron chi connectivity index (χ4n) is 5.06. The van der Waals surface area contributed by atoms with Crippen LogP contribution in [0.1, 0.15) is 21.5 Å². The van der Waals surface area contributed by atoms with E-state index in [1.807, 2.05) is 12.1 Å². The number of halogens is 3. The lowest BCUT2D eigenvalue weighted by Gasteiger charge is -2.36. The molecule has 5 aromatic rings.